The standard InChI is InChI=1S/C21H22ClN3O2/c1-14(2)12-19(26)23-18(13-15-6-4-3-5-7-15)21-24-20(25-27-21)16-8-10-17(22)11-9-16/h3-11,14,18H,12-13H2,1-2H3,(H,23,26)/t18-/m0/s1. The molecule has 0 saturated carbocycles. The van der Waals surface area contributed by atoms with Gasteiger partial charge < -0.3 is 9.84 Å². The molecule has 0 saturated heterocycles. The van der Waals surface area contributed by atoms with E-state index >= 15 is 0 Å². The number of carbonyl (C=O) groups is 1. The van der Waals surface area contributed by atoms with Crippen molar-refractivity contribution in [3.63, 3.8) is 0 Å². The van der Waals surface area contributed by atoms with Gasteiger partial charge in [-0.15, -0.1) is 0 Å². The van der Waals surface area contributed by atoms with Crippen molar-refractivity contribution in [1.29, 1.82) is 0 Å². The Morgan fingerprint density at radius 3 is 2.48 bits per heavy atom. The number of halogens is 1. The summed E-state index contributed by atoms with van der Waals surface area (Å²) in [6, 6.07) is 16.8. The third-order valence-electron chi connectivity index (χ3n) is 4.05. The summed E-state index contributed by atoms with van der Waals surface area (Å²) < 4.78 is 5.48. The third kappa shape index (κ3) is 5.41. The van der Waals surface area contributed by atoms with Crippen molar-refractivity contribution in [2.75, 3.05) is 0 Å². The van der Waals surface area contributed by atoms with Gasteiger partial charge in [0.1, 0.15) is 6.04 Å². The van der Waals surface area contributed by atoms with Crippen molar-refractivity contribution in [3.8, 4) is 11.4 Å². The molecule has 1 heterocycles. The Kier molecular flexibility index (Phi) is 6.24. The molecule has 1 amide bonds. The highest BCUT2D eigenvalue weighted by molar-refractivity contribution is 6.30. The van der Waals surface area contributed by atoms with E-state index in [0.29, 0.717) is 29.6 Å². The summed E-state index contributed by atoms with van der Waals surface area (Å²) in [5.41, 5.74) is 1.89. The monoisotopic (exact) mass is 383 g/mol. The molecule has 1 aromatic heterocycles. The van der Waals surface area contributed by atoms with Crippen LogP contribution in [0.5, 0.6) is 0 Å². The molecular weight excluding hydrogens is 362 g/mol. The van der Waals surface area contributed by atoms with Crippen LogP contribution in [0.1, 0.15) is 37.8 Å². The number of hydrogen-bond acceptors (Lipinski definition) is 4. The second-order valence-corrected chi connectivity index (χ2v) is 7.31. The number of carbonyl (C=O) groups excluding carboxylic acids is 1. The van der Waals surface area contributed by atoms with Gasteiger partial charge in [-0.05, 0) is 35.7 Å². The number of aromatic nitrogens is 2. The summed E-state index contributed by atoms with van der Waals surface area (Å²) in [4.78, 5) is 16.8. The van der Waals surface area contributed by atoms with E-state index < -0.39 is 0 Å². The minimum absolute atomic E-state index is 0.0304. The number of nitrogens with zero attached hydrogens (tertiary/aromatic N) is 2. The molecule has 5 nitrogen and oxygen atoms in total. The van der Waals surface area contributed by atoms with Crippen LogP contribution in [0.25, 0.3) is 11.4 Å². The molecule has 27 heavy (non-hydrogen) atoms. The topological polar surface area (TPSA) is 68.0 Å². The average Bonchev–Trinajstić information content (AvgIpc) is 3.12. The highest BCUT2D eigenvalue weighted by Crippen LogP contribution is 2.23. The molecule has 1 N–H and O–H groups in total. The van der Waals surface area contributed by atoms with Crippen LogP contribution in [-0.4, -0.2) is 16.0 Å². The molecule has 0 unspecified atom stereocenters. The molecule has 0 spiro atoms. The summed E-state index contributed by atoms with van der Waals surface area (Å²) in [7, 11) is 0. The Bertz CT molecular complexity index is 876. The summed E-state index contributed by atoms with van der Waals surface area (Å²) in [6.45, 7) is 4.02. The normalized spacial score (nSPS) is 12.1. The molecule has 0 bridgehead atoms. The first-order valence-corrected chi connectivity index (χ1v) is 9.32. The molecule has 0 radical (unpaired) electrons. The summed E-state index contributed by atoms with van der Waals surface area (Å²) in [5, 5.41) is 7.74. The van der Waals surface area contributed by atoms with Crippen molar-refractivity contribution in [2.24, 2.45) is 5.92 Å². The van der Waals surface area contributed by atoms with E-state index in [1.165, 1.54) is 0 Å². The van der Waals surface area contributed by atoms with Crippen LogP contribution in [0.15, 0.2) is 59.1 Å². The molecule has 6 heteroatoms. The summed E-state index contributed by atoms with van der Waals surface area (Å²) in [6.07, 6.45) is 1.02. The van der Waals surface area contributed by atoms with Crippen molar-refractivity contribution in [2.45, 2.75) is 32.7 Å². The van der Waals surface area contributed by atoms with E-state index in [2.05, 4.69) is 15.5 Å². The average molecular weight is 384 g/mol. The van der Waals surface area contributed by atoms with Gasteiger partial charge in [-0.25, -0.2) is 0 Å². The first-order chi connectivity index (χ1) is 13.0. The van der Waals surface area contributed by atoms with E-state index in [0.717, 1.165) is 11.1 Å². The van der Waals surface area contributed by atoms with Gasteiger partial charge >= 0.3 is 0 Å². The van der Waals surface area contributed by atoms with Crippen molar-refractivity contribution >= 4 is 17.5 Å². The second-order valence-electron chi connectivity index (χ2n) is 6.87. The minimum Gasteiger partial charge on any atom is -0.344 e. The fraction of sp³-hybridized carbons (Fsp3) is 0.286. The lowest BCUT2D eigenvalue weighted by Gasteiger charge is -2.16. The van der Waals surface area contributed by atoms with Crippen molar-refractivity contribution < 1.29 is 9.32 Å². The number of benzene rings is 2. The first kappa shape index (κ1) is 19.1. The zero-order chi connectivity index (χ0) is 19.2. The molecule has 0 aliphatic heterocycles. The minimum atomic E-state index is -0.382. The van der Waals surface area contributed by atoms with E-state index in [1.54, 1.807) is 12.1 Å². The number of nitrogens with one attached hydrogen (secondary N) is 1. The maximum Gasteiger partial charge on any atom is 0.249 e. The van der Waals surface area contributed by atoms with Crippen LogP contribution in [0.3, 0.4) is 0 Å². The quantitative estimate of drug-likeness (QED) is 0.634. The fourth-order valence-corrected chi connectivity index (χ4v) is 2.89. The summed E-state index contributed by atoms with van der Waals surface area (Å²) in [5.74, 6) is 1.10. The molecule has 3 aromatic rings. The lowest BCUT2D eigenvalue weighted by molar-refractivity contribution is -0.122. The lowest BCUT2D eigenvalue weighted by atomic mass is 10.0. The third-order valence-corrected chi connectivity index (χ3v) is 4.31. The van der Waals surface area contributed by atoms with Gasteiger partial charge in [0.25, 0.3) is 0 Å². The maximum atomic E-state index is 12.3. The van der Waals surface area contributed by atoms with Gasteiger partial charge in [0, 0.05) is 23.4 Å². The van der Waals surface area contributed by atoms with Gasteiger partial charge in [0.05, 0.1) is 0 Å². The first-order valence-electron chi connectivity index (χ1n) is 8.94. The van der Waals surface area contributed by atoms with Gasteiger partial charge in [-0.2, -0.15) is 4.98 Å². The molecule has 1 atom stereocenters. The van der Waals surface area contributed by atoms with Crippen LogP contribution in [0, 0.1) is 5.92 Å². The zero-order valence-corrected chi connectivity index (χ0v) is 16.1. The second kappa shape index (κ2) is 8.82. The Labute approximate surface area is 163 Å². The fourth-order valence-electron chi connectivity index (χ4n) is 2.77. The zero-order valence-electron chi connectivity index (χ0n) is 15.4. The van der Waals surface area contributed by atoms with Crippen LogP contribution in [0.4, 0.5) is 0 Å². The van der Waals surface area contributed by atoms with Gasteiger partial charge in [-0.3, -0.25) is 4.79 Å². The molecule has 2 aromatic carbocycles. The lowest BCUT2D eigenvalue weighted by Crippen LogP contribution is -2.31. The van der Waals surface area contributed by atoms with E-state index in [1.807, 2.05) is 56.3 Å². The van der Waals surface area contributed by atoms with Crippen molar-refractivity contribution in [3.05, 3.63) is 71.1 Å². The van der Waals surface area contributed by atoms with Gasteiger partial charge in [0.2, 0.25) is 17.6 Å². The Balaban J connectivity index is 1.83. The van der Waals surface area contributed by atoms with Crippen LogP contribution in [0.2, 0.25) is 5.02 Å². The largest absolute Gasteiger partial charge is 0.344 e. The number of hydrogen-bond donors (Lipinski definition) is 1. The number of amides is 1. The molecule has 0 aliphatic rings. The Morgan fingerprint density at radius 2 is 1.81 bits per heavy atom. The predicted octanol–water partition coefficient (Wildman–Crippen LogP) is 4.84. The Hall–Kier alpha value is -2.66. The highest BCUT2D eigenvalue weighted by atomic mass is 35.5. The van der Waals surface area contributed by atoms with Crippen LogP contribution in [-0.2, 0) is 11.2 Å². The van der Waals surface area contributed by atoms with Gasteiger partial charge in [-0.1, -0.05) is 60.9 Å². The van der Waals surface area contributed by atoms with E-state index in [4.69, 9.17) is 16.1 Å². The van der Waals surface area contributed by atoms with Crippen LogP contribution >= 0.6 is 11.6 Å². The molecule has 0 fully saturated rings. The molecule has 0 aliphatic carbocycles. The SMILES string of the molecule is CC(C)CC(=O)N[C@@H](Cc1ccccc1)c1nc(-c2ccc(Cl)cc2)no1. The number of rotatable bonds is 7. The van der Waals surface area contributed by atoms with Gasteiger partial charge in [0.15, 0.2) is 0 Å². The highest BCUT2D eigenvalue weighted by Gasteiger charge is 2.22. The van der Waals surface area contributed by atoms with Crippen molar-refractivity contribution in [1.82, 2.24) is 15.5 Å². The van der Waals surface area contributed by atoms with E-state index in [-0.39, 0.29) is 17.9 Å². The molecule has 140 valence electrons. The summed E-state index contributed by atoms with van der Waals surface area (Å²) >= 11 is 5.93. The maximum absolute atomic E-state index is 12.3. The van der Waals surface area contributed by atoms with E-state index in [9.17, 15) is 4.79 Å². The smallest absolute Gasteiger partial charge is 0.249 e. The Morgan fingerprint density at radius 1 is 1.11 bits per heavy atom. The predicted molar refractivity (Wildman–Crippen MR) is 105 cm³/mol. The van der Waals surface area contributed by atoms with Crippen LogP contribution < -0.4 is 5.32 Å². The molecular formula is C21H22ClN3O2. The molecule has 3 rings (SSSR count).